The Bertz CT molecular complexity index is 719. The van der Waals surface area contributed by atoms with E-state index in [0.717, 1.165) is 43.0 Å². The minimum Gasteiger partial charge on any atom is -0.454 e. The van der Waals surface area contributed by atoms with E-state index in [-0.39, 0.29) is 25.3 Å². The number of nitrogens with zero attached hydrogens (tertiary/aromatic N) is 2. The summed E-state index contributed by atoms with van der Waals surface area (Å²) in [6.45, 7) is 8.18. The second-order valence-electron chi connectivity index (χ2n) is 7.45. The number of carbonyl (C=O) groups is 2. The maximum absolute atomic E-state index is 12.6. The lowest BCUT2D eigenvalue weighted by molar-refractivity contribution is -0.167. The van der Waals surface area contributed by atoms with Gasteiger partial charge in [0.05, 0.1) is 6.54 Å². The number of hydrogen-bond acceptors (Lipinski definition) is 7. The molecule has 1 aromatic carbocycles. The molecule has 1 saturated heterocycles. The van der Waals surface area contributed by atoms with Gasteiger partial charge in [0.2, 0.25) is 13.1 Å². The molecule has 0 spiro atoms. The van der Waals surface area contributed by atoms with Crippen molar-refractivity contribution in [3.8, 4) is 11.5 Å². The molecule has 0 bridgehead atoms. The number of benzene rings is 1. The normalized spacial score (nSPS) is 17.6. The highest BCUT2D eigenvalue weighted by molar-refractivity contribution is 5.72. The van der Waals surface area contributed by atoms with E-state index in [1.165, 1.54) is 0 Å². The summed E-state index contributed by atoms with van der Waals surface area (Å²) in [5.74, 6) is 1.08. The van der Waals surface area contributed by atoms with Gasteiger partial charge in [-0.2, -0.15) is 0 Å². The van der Waals surface area contributed by atoms with Gasteiger partial charge in [0.1, 0.15) is 0 Å². The number of esters is 1. The first kappa shape index (κ1) is 21.2. The molecule has 8 heteroatoms. The van der Waals surface area contributed by atoms with Crippen LogP contribution in [-0.2, 0) is 20.7 Å². The summed E-state index contributed by atoms with van der Waals surface area (Å²) in [5.41, 5.74) is 1.04. The number of hydrogen-bond donors (Lipinski definition) is 0. The van der Waals surface area contributed by atoms with Gasteiger partial charge in [0.25, 0.3) is 0 Å². The molecule has 160 valence electrons. The van der Waals surface area contributed by atoms with E-state index < -0.39 is 12.4 Å². The van der Waals surface area contributed by atoms with Gasteiger partial charge in [-0.1, -0.05) is 6.07 Å². The Hall–Kier alpha value is -2.48. The first-order chi connectivity index (χ1) is 14.0. The monoisotopic (exact) mass is 406 g/mol. The predicted molar refractivity (Wildman–Crippen MR) is 106 cm³/mol. The summed E-state index contributed by atoms with van der Waals surface area (Å²) in [6, 6.07) is 5.67. The third-order valence-corrected chi connectivity index (χ3v) is 5.19. The number of likely N-dealkylation sites (N-methyl/N-ethyl adjacent to an activating group) is 1. The lowest BCUT2D eigenvalue weighted by Crippen LogP contribution is -2.42. The highest BCUT2D eigenvalue weighted by atomic mass is 16.7. The second kappa shape index (κ2) is 9.82. The van der Waals surface area contributed by atoms with Crippen LogP contribution in [-0.4, -0.2) is 67.2 Å². The average Bonchev–Trinajstić information content (AvgIpc) is 3.33. The van der Waals surface area contributed by atoms with Gasteiger partial charge in [-0.3, -0.25) is 9.69 Å². The second-order valence-corrected chi connectivity index (χ2v) is 7.45. The van der Waals surface area contributed by atoms with Crippen LogP contribution < -0.4 is 9.47 Å². The van der Waals surface area contributed by atoms with E-state index in [1.807, 2.05) is 36.9 Å². The van der Waals surface area contributed by atoms with Crippen molar-refractivity contribution in [2.24, 2.45) is 0 Å². The number of ether oxygens (including phenoxy) is 4. The van der Waals surface area contributed by atoms with E-state index in [0.29, 0.717) is 13.0 Å². The Kier molecular flexibility index (Phi) is 7.19. The summed E-state index contributed by atoms with van der Waals surface area (Å²) >= 11 is 0. The maximum atomic E-state index is 12.6. The Labute approximate surface area is 171 Å². The molecule has 0 radical (unpaired) electrons. The molecule has 1 fully saturated rings. The molecule has 0 N–H and O–H groups in total. The van der Waals surface area contributed by atoms with Crippen LogP contribution >= 0.6 is 0 Å². The fourth-order valence-corrected chi connectivity index (χ4v) is 3.72. The van der Waals surface area contributed by atoms with E-state index in [1.54, 1.807) is 11.8 Å². The van der Waals surface area contributed by atoms with Crippen LogP contribution in [0.1, 0.15) is 39.2 Å². The summed E-state index contributed by atoms with van der Waals surface area (Å²) in [6.07, 6.45) is 1.42. The molecule has 3 rings (SSSR count). The summed E-state index contributed by atoms with van der Waals surface area (Å²) in [7, 11) is 0. The molecule has 2 aliphatic rings. The van der Waals surface area contributed by atoms with Crippen LogP contribution in [0.25, 0.3) is 0 Å². The lowest BCUT2D eigenvalue weighted by Gasteiger charge is -2.28. The van der Waals surface area contributed by atoms with Gasteiger partial charge >= 0.3 is 12.1 Å². The summed E-state index contributed by atoms with van der Waals surface area (Å²) in [4.78, 5) is 28.3. The molecule has 1 aromatic rings. The highest BCUT2D eigenvalue weighted by Crippen LogP contribution is 2.33. The van der Waals surface area contributed by atoms with E-state index in [9.17, 15) is 9.59 Å². The Morgan fingerprint density at radius 2 is 1.86 bits per heavy atom. The highest BCUT2D eigenvalue weighted by Gasteiger charge is 2.25. The molecule has 29 heavy (non-hydrogen) atoms. The van der Waals surface area contributed by atoms with Gasteiger partial charge in [-0.25, -0.2) is 4.79 Å². The van der Waals surface area contributed by atoms with E-state index in [4.69, 9.17) is 18.9 Å². The molecular formula is C21H30N2O6. The molecule has 0 saturated carbocycles. The predicted octanol–water partition coefficient (Wildman–Crippen LogP) is 2.79. The first-order valence-electron chi connectivity index (χ1n) is 10.2. The van der Waals surface area contributed by atoms with Crippen molar-refractivity contribution >= 4 is 12.1 Å². The number of carbonyl (C=O) groups excluding carboxylic acids is 2. The van der Waals surface area contributed by atoms with Crippen molar-refractivity contribution < 1.29 is 28.5 Å². The zero-order chi connectivity index (χ0) is 20.8. The number of amides is 1. The smallest absolute Gasteiger partial charge is 0.413 e. The molecular weight excluding hydrogens is 376 g/mol. The molecule has 2 heterocycles. The minimum atomic E-state index is -0.926. The topological polar surface area (TPSA) is 77.5 Å². The van der Waals surface area contributed by atoms with Gasteiger partial charge in [-0.15, -0.1) is 0 Å². The lowest BCUT2D eigenvalue weighted by atomic mass is 10.1. The number of rotatable bonds is 8. The van der Waals surface area contributed by atoms with Gasteiger partial charge in [0, 0.05) is 19.5 Å². The van der Waals surface area contributed by atoms with Crippen LogP contribution in [0, 0.1) is 0 Å². The Morgan fingerprint density at radius 3 is 2.59 bits per heavy atom. The SMILES string of the molecule is CCN(C(=O)OC(C)OC(=O)CN1CCCC1)C(C)Cc1ccc2c(c1)OCO2. The van der Waals surface area contributed by atoms with Crippen molar-refractivity contribution in [2.45, 2.75) is 52.4 Å². The third-order valence-electron chi connectivity index (χ3n) is 5.19. The molecule has 1 amide bonds. The average molecular weight is 406 g/mol. The van der Waals surface area contributed by atoms with Crippen LogP contribution in [0.2, 0.25) is 0 Å². The summed E-state index contributed by atoms with van der Waals surface area (Å²) in [5, 5.41) is 0. The van der Waals surface area contributed by atoms with Crippen molar-refractivity contribution in [1.29, 1.82) is 0 Å². The molecule has 8 nitrogen and oxygen atoms in total. The minimum absolute atomic E-state index is 0.0969. The van der Waals surface area contributed by atoms with Crippen molar-refractivity contribution in [3.05, 3.63) is 23.8 Å². The van der Waals surface area contributed by atoms with Gasteiger partial charge in [0.15, 0.2) is 11.5 Å². The maximum Gasteiger partial charge on any atom is 0.413 e. The Balaban J connectivity index is 1.48. The van der Waals surface area contributed by atoms with Gasteiger partial charge < -0.3 is 23.8 Å². The van der Waals surface area contributed by atoms with E-state index in [2.05, 4.69) is 0 Å². The first-order valence-corrected chi connectivity index (χ1v) is 10.2. The van der Waals surface area contributed by atoms with Crippen LogP contribution in [0.5, 0.6) is 11.5 Å². The number of likely N-dealkylation sites (tertiary alicyclic amines) is 1. The Morgan fingerprint density at radius 1 is 1.14 bits per heavy atom. The quantitative estimate of drug-likeness (QED) is 0.485. The van der Waals surface area contributed by atoms with Crippen molar-refractivity contribution in [1.82, 2.24) is 9.80 Å². The third kappa shape index (κ3) is 5.76. The van der Waals surface area contributed by atoms with Crippen LogP contribution in [0.4, 0.5) is 4.79 Å². The number of fused-ring (bicyclic) bond motifs is 1. The zero-order valence-electron chi connectivity index (χ0n) is 17.4. The molecule has 2 aliphatic heterocycles. The van der Waals surface area contributed by atoms with Crippen LogP contribution in [0.3, 0.4) is 0 Å². The van der Waals surface area contributed by atoms with Crippen molar-refractivity contribution in [3.63, 3.8) is 0 Å². The van der Waals surface area contributed by atoms with Crippen molar-refractivity contribution in [2.75, 3.05) is 33.0 Å². The van der Waals surface area contributed by atoms with E-state index >= 15 is 0 Å². The van der Waals surface area contributed by atoms with Gasteiger partial charge in [-0.05, 0) is 63.9 Å². The molecule has 0 aromatic heterocycles. The van der Waals surface area contributed by atoms with Crippen LogP contribution in [0.15, 0.2) is 18.2 Å². The standard InChI is InChI=1S/C21H30N2O6/c1-4-23(15(2)11-17-7-8-18-19(12-17)27-14-26-18)21(25)29-16(3)28-20(24)13-22-9-5-6-10-22/h7-8,12,15-16H,4-6,9-11,13-14H2,1-3H3. The zero-order valence-corrected chi connectivity index (χ0v) is 17.4. The molecule has 0 aliphatic carbocycles. The fraction of sp³-hybridized carbons (Fsp3) is 0.619. The largest absolute Gasteiger partial charge is 0.454 e. The summed E-state index contributed by atoms with van der Waals surface area (Å²) < 4.78 is 21.3. The fourth-order valence-electron chi connectivity index (χ4n) is 3.72. The molecule has 2 atom stereocenters. The molecule has 2 unspecified atom stereocenters.